The first kappa shape index (κ1) is 13.1. The van der Waals surface area contributed by atoms with E-state index >= 15 is 0 Å². The molecule has 94 valence electrons. The first-order valence-electron chi connectivity index (χ1n) is 5.53. The van der Waals surface area contributed by atoms with Crippen molar-refractivity contribution in [3.8, 4) is 0 Å². The average molecular weight is 270 g/mol. The number of nitro benzene ring substituents is 1. The quantitative estimate of drug-likeness (QED) is 0.357. The van der Waals surface area contributed by atoms with Crippen molar-refractivity contribution in [1.82, 2.24) is 0 Å². The van der Waals surface area contributed by atoms with Crippen LogP contribution in [0.5, 0.6) is 0 Å². The van der Waals surface area contributed by atoms with Crippen LogP contribution >= 0.6 is 11.8 Å². The molecule has 0 aliphatic rings. The van der Waals surface area contributed by atoms with Gasteiger partial charge in [-0.05, 0) is 5.56 Å². The monoisotopic (exact) mass is 270 g/mol. The van der Waals surface area contributed by atoms with E-state index in [1.807, 2.05) is 18.2 Å². The molecule has 0 saturated carbocycles. The molecule has 0 aromatic heterocycles. The molecule has 0 unspecified atom stereocenters. The van der Waals surface area contributed by atoms with Gasteiger partial charge in [0.25, 0.3) is 5.69 Å². The smallest absolute Gasteiger partial charge is 0.258 e. The standard InChI is InChI=1S/C14H10N2O2S/c1-15-13-4-2-3-5-14(13)19-10-11-6-8-12(9-7-11)16(17)18/h2-9H,10H2. The number of rotatable bonds is 4. The molecule has 0 amide bonds. The minimum absolute atomic E-state index is 0.0929. The van der Waals surface area contributed by atoms with Gasteiger partial charge in [-0.1, -0.05) is 36.4 Å². The van der Waals surface area contributed by atoms with E-state index < -0.39 is 4.92 Å². The first-order valence-corrected chi connectivity index (χ1v) is 6.52. The number of nitrogens with zero attached hydrogens (tertiary/aromatic N) is 2. The SMILES string of the molecule is [C-]#[N+]c1ccccc1SCc1ccc([N+](=O)[O-])cc1. The molecular formula is C14H10N2O2S. The number of hydrogen-bond donors (Lipinski definition) is 0. The second kappa shape index (κ2) is 6.03. The minimum Gasteiger partial charge on any atom is -0.258 e. The summed E-state index contributed by atoms with van der Waals surface area (Å²) in [5.74, 6) is 0.685. The largest absolute Gasteiger partial charge is 0.269 e. The van der Waals surface area contributed by atoms with Crippen LogP contribution in [-0.4, -0.2) is 4.92 Å². The first-order chi connectivity index (χ1) is 9.20. The van der Waals surface area contributed by atoms with Gasteiger partial charge in [0.15, 0.2) is 0 Å². The van der Waals surface area contributed by atoms with E-state index in [1.165, 1.54) is 12.1 Å². The van der Waals surface area contributed by atoms with Gasteiger partial charge in [-0.25, -0.2) is 4.85 Å². The van der Waals surface area contributed by atoms with Crippen LogP contribution in [0.1, 0.15) is 5.56 Å². The normalized spacial score (nSPS) is 9.84. The highest BCUT2D eigenvalue weighted by Gasteiger charge is 2.05. The molecule has 2 aromatic rings. The summed E-state index contributed by atoms with van der Waals surface area (Å²) >= 11 is 1.56. The zero-order valence-corrected chi connectivity index (χ0v) is 10.8. The molecule has 0 N–H and O–H groups in total. The fourth-order valence-electron chi connectivity index (χ4n) is 1.55. The van der Waals surface area contributed by atoms with Gasteiger partial charge in [-0.3, -0.25) is 10.1 Å². The van der Waals surface area contributed by atoms with Crippen LogP contribution in [0.2, 0.25) is 0 Å². The molecule has 0 radical (unpaired) electrons. The molecule has 2 rings (SSSR count). The molecule has 2 aromatic carbocycles. The lowest BCUT2D eigenvalue weighted by Crippen LogP contribution is -1.88. The van der Waals surface area contributed by atoms with Crippen LogP contribution < -0.4 is 0 Å². The molecular weight excluding hydrogens is 260 g/mol. The summed E-state index contributed by atoms with van der Waals surface area (Å²) in [7, 11) is 0. The summed E-state index contributed by atoms with van der Waals surface area (Å²) < 4.78 is 0. The predicted molar refractivity (Wildman–Crippen MR) is 75.4 cm³/mol. The van der Waals surface area contributed by atoms with E-state index in [1.54, 1.807) is 30.0 Å². The molecule has 0 saturated heterocycles. The maximum absolute atomic E-state index is 10.5. The van der Waals surface area contributed by atoms with Gasteiger partial charge in [0.2, 0.25) is 5.69 Å². The van der Waals surface area contributed by atoms with Crippen molar-refractivity contribution in [2.75, 3.05) is 0 Å². The lowest BCUT2D eigenvalue weighted by molar-refractivity contribution is -0.384. The maximum Gasteiger partial charge on any atom is 0.269 e. The van der Waals surface area contributed by atoms with Crippen LogP contribution in [0.15, 0.2) is 53.4 Å². The van der Waals surface area contributed by atoms with Crippen molar-refractivity contribution < 1.29 is 4.92 Å². The van der Waals surface area contributed by atoms with Crippen molar-refractivity contribution in [1.29, 1.82) is 0 Å². The Morgan fingerprint density at radius 1 is 1.16 bits per heavy atom. The Morgan fingerprint density at radius 2 is 1.84 bits per heavy atom. The van der Waals surface area contributed by atoms with Gasteiger partial charge < -0.3 is 0 Å². The molecule has 5 heteroatoms. The summed E-state index contributed by atoms with van der Waals surface area (Å²) in [4.78, 5) is 14.5. The van der Waals surface area contributed by atoms with Gasteiger partial charge >= 0.3 is 0 Å². The van der Waals surface area contributed by atoms with Crippen LogP contribution in [0.3, 0.4) is 0 Å². The van der Waals surface area contributed by atoms with E-state index in [9.17, 15) is 10.1 Å². The molecule has 0 atom stereocenters. The number of para-hydroxylation sites is 1. The summed E-state index contributed by atoms with van der Waals surface area (Å²) in [5, 5.41) is 10.5. The zero-order chi connectivity index (χ0) is 13.7. The summed E-state index contributed by atoms with van der Waals surface area (Å²) in [6, 6.07) is 13.9. The summed E-state index contributed by atoms with van der Waals surface area (Å²) in [6.45, 7) is 7.08. The van der Waals surface area contributed by atoms with E-state index in [2.05, 4.69) is 4.85 Å². The lowest BCUT2D eigenvalue weighted by Gasteiger charge is -2.03. The fraction of sp³-hybridized carbons (Fsp3) is 0.0714. The van der Waals surface area contributed by atoms with Gasteiger partial charge in [0, 0.05) is 22.8 Å². The number of thioether (sulfide) groups is 1. The third-order valence-electron chi connectivity index (χ3n) is 2.53. The molecule has 0 bridgehead atoms. The highest BCUT2D eigenvalue weighted by atomic mass is 32.2. The summed E-state index contributed by atoms with van der Waals surface area (Å²) in [5.41, 5.74) is 1.72. The van der Waals surface area contributed by atoms with Gasteiger partial charge in [0.05, 0.1) is 11.5 Å². The molecule has 0 heterocycles. The highest BCUT2D eigenvalue weighted by Crippen LogP contribution is 2.31. The predicted octanol–water partition coefficient (Wildman–Crippen LogP) is 4.44. The summed E-state index contributed by atoms with van der Waals surface area (Å²) in [6.07, 6.45) is 0. The second-order valence-corrected chi connectivity index (χ2v) is 4.81. The van der Waals surface area contributed by atoms with Crippen molar-refractivity contribution in [3.05, 3.63) is 75.6 Å². The number of nitro groups is 1. The molecule has 0 fully saturated rings. The number of hydrogen-bond acceptors (Lipinski definition) is 3. The van der Waals surface area contributed by atoms with E-state index in [4.69, 9.17) is 6.57 Å². The zero-order valence-electron chi connectivity index (χ0n) is 9.95. The van der Waals surface area contributed by atoms with Crippen molar-refractivity contribution in [3.63, 3.8) is 0 Å². The minimum atomic E-state index is -0.412. The Morgan fingerprint density at radius 3 is 2.47 bits per heavy atom. The van der Waals surface area contributed by atoms with Crippen molar-refractivity contribution in [2.45, 2.75) is 10.6 Å². The molecule has 0 aliphatic heterocycles. The lowest BCUT2D eigenvalue weighted by atomic mass is 10.2. The molecule has 4 nitrogen and oxygen atoms in total. The second-order valence-electron chi connectivity index (χ2n) is 3.79. The topological polar surface area (TPSA) is 47.5 Å². The number of non-ortho nitro benzene ring substituents is 1. The van der Waals surface area contributed by atoms with Crippen LogP contribution in [0, 0.1) is 16.7 Å². The van der Waals surface area contributed by atoms with Gasteiger partial charge in [-0.15, -0.1) is 11.8 Å². The molecule has 0 spiro atoms. The van der Waals surface area contributed by atoms with Gasteiger partial charge in [0.1, 0.15) is 0 Å². The Hall–Kier alpha value is -2.32. The Balaban J connectivity index is 2.06. The van der Waals surface area contributed by atoms with Crippen LogP contribution in [0.25, 0.3) is 4.85 Å². The Labute approximate surface area is 115 Å². The van der Waals surface area contributed by atoms with Crippen LogP contribution in [-0.2, 0) is 5.75 Å². The maximum atomic E-state index is 10.5. The molecule has 0 aliphatic carbocycles. The van der Waals surface area contributed by atoms with E-state index in [0.29, 0.717) is 11.4 Å². The Bertz CT molecular complexity index is 633. The average Bonchev–Trinajstić information content (AvgIpc) is 2.45. The number of benzene rings is 2. The third kappa shape index (κ3) is 3.33. The fourth-order valence-corrected chi connectivity index (χ4v) is 2.50. The Kier molecular flexibility index (Phi) is 4.16. The third-order valence-corrected chi connectivity index (χ3v) is 3.66. The van der Waals surface area contributed by atoms with Crippen molar-refractivity contribution in [2.24, 2.45) is 0 Å². The molecule has 19 heavy (non-hydrogen) atoms. The van der Waals surface area contributed by atoms with E-state index in [0.717, 1.165) is 10.5 Å². The van der Waals surface area contributed by atoms with Gasteiger partial charge in [-0.2, -0.15) is 0 Å². The van der Waals surface area contributed by atoms with Crippen LogP contribution in [0.4, 0.5) is 11.4 Å². The van der Waals surface area contributed by atoms with Crippen molar-refractivity contribution >= 4 is 23.1 Å². The van der Waals surface area contributed by atoms with E-state index in [-0.39, 0.29) is 5.69 Å². The highest BCUT2D eigenvalue weighted by molar-refractivity contribution is 7.98.